The topological polar surface area (TPSA) is 56.7 Å². The zero-order valence-corrected chi connectivity index (χ0v) is 23.7. The van der Waals surface area contributed by atoms with Crippen molar-refractivity contribution in [3.8, 4) is 17.1 Å². The number of hydrogen-bond donors (Lipinski definition) is 0. The zero-order valence-electron chi connectivity index (χ0n) is 21.4. The van der Waals surface area contributed by atoms with E-state index >= 15 is 0 Å². The Kier molecular flexibility index (Phi) is 6.27. The first-order valence-electron chi connectivity index (χ1n) is 12.8. The van der Waals surface area contributed by atoms with E-state index in [0.29, 0.717) is 36.5 Å². The van der Waals surface area contributed by atoms with Crippen LogP contribution in [0.2, 0.25) is 10.0 Å². The molecular weight excluding hydrogens is 563 g/mol. The van der Waals surface area contributed by atoms with Crippen LogP contribution in [-0.4, -0.2) is 11.7 Å². The van der Waals surface area contributed by atoms with Gasteiger partial charge in [0, 0.05) is 17.2 Å². The molecule has 3 heterocycles. The third kappa shape index (κ3) is 4.15. The molecule has 5 aromatic rings. The van der Waals surface area contributed by atoms with Crippen molar-refractivity contribution in [2.75, 3.05) is 7.11 Å². The number of ether oxygens (including phenoxy) is 1. The van der Waals surface area contributed by atoms with Crippen molar-refractivity contribution in [3.63, 3.8) is 0 Å². The van der Waals surface area contributed by atoms with E-state index < -0.39 is 0 Å². The zero-order chi connectivity index (χ0) is 27.4. The number of aromatic nitrogens is 1. The summed E-state index contributed by atoms with van der Waals surface area (Å²) < 4.78 is 14.0. The molecule has 0 radical (unpaired) electrons. The molecule has 1 aliphatic carbocycles. The Bertz CT molecular complexity index is 2020. The molecule has 0 N–H and O–H groups in total. The van der Waals surface area contributed by atoms with Crippen LogP contribution in [0, 0.1) is 0 Å². The average Bonchev–Trinajstić information content (AvgIpc) is 3.57. The van der Waals surface area contributed by atoms with E-state index in [0.717, 1.165) is 41.0 Å². The Balaban J connectivity index is 1.41. The number of nitrogens with zero attached hydrogens (tertiary/aromatic N) is 2. The van der Waals surface area contributed by atoms with Crippen molar-refractivity contribution in [3.05, 3.63) is 137 Å². The Morgan fingerprint density at radius 3 is 2.70 bits per heavy atom. The van der Waals surface area contributed by atoms with Gasteiger partial charge in [0.2, 0.25) is 0 Å². The maximum Gasteiger partial charge on any atom is 0.271 e. The summed E-state index contributed by atoms with van der Waals surface area (Å²) >= 11 is 14.0. The van der Waals surface area contributed by atoms with E-state index in [9.17, 15) is 4.79 Å². The van der Waals surface area contributed by atoms with Crippen LogP contribution in [0.1, 0.15) is 34.9 Å². The lowest BCUT2D eigenvalue weighted by atomic mass is 9.83. The van der Waals surface area contributed by atoms with Crippen molar-refractivity contribution >= 4 is 46.3 Å². The Hall–Kier alpha value is -3.84. The van der Waals surface area contributed by atoms with Gasteiger partial charge < -0.3 is 9.15 Å². The molecule has 0 unspecified atom stereocenters. The van der Waals surface area contributed by atoms with Gasteiger partial charge in [0.15, 0.2) is 4.80 Å². The van der Waals surface area contributed by atoms with Crippen LogP contribution in [0.4, 0.5) is 0 Å². The van der Waals surface area contributed by atoms with Crippen molar-refractivity contribution < 1.29 is 9.15 Å². The van der Waals surface area contributed by atoms with Gasteiger partial charge in [0.05, 0.1) is 33.4 Å². The maximum absolute atomic E-state index is 14.0. The van der Waals surface area contributed by atoms with E-state index in [1.807, 2.05) is 53.1 Å². The highest BCUT2D eigenvalue weighted by Gasteiger charge is 2.32. The highest BCUT2D eigenvalue weighted by atomic mass is 35.5. The minimum Gasteiger partial charge on any atom is -0.497 e. The molecule has 1 aliphatic heterocycles. The molecule has 0 amide bonds. The standard InChI is InChI=1S/C32H22Cl2N2O3S/c1-38-20-8-4-7-19(16-20)30-24-14-12-18-6-2-3-9-22(18)29(24)35-32-36(30)31(37)27(40-32)17-21-13-15-26(39-21)23-10-5-11-25(33)28(23)34/h2-11,13,15-17,30H,12,14H2,1H3/b27-17+/t30-/m1/s1. The van der Waals surface area contributed by atoms with Gasteiger partial charge in [0.25, 0.3) is 5.56 Å². The third-order valence-electron chi connectivity index (χ3n) is 7.40. The predicted octanol–water partition coefficient (Wildman–Crippen LogP) is 6.89. The molecule has 2 aromatic heterocycles. The molecule has 0 spiro atoms. The van der Waals surface area contributed by atoms with Crippen LogP contribution in [0.15, 0.2) is 98.6 Å². The van der Waals surface area contributed by atoms with E-state index in [-0.39, 0.29) is 11.6 Å². The number of hydrogen-bond acceptors (Lipinski definition) is 5. The summed E-state index contributed by atoms with van der Waals surface area (Å²) in [5, 5.41) is 0.877. The first kappa shape index (κ1) is 25.1. The highest BCUT2D eigenvalue weighted by molar-refractivity contribution is 7.07. The molecule has 0 bridgehead atoms. The van der Waals surface area contributed by atoms with Gasteiger partial charge >= 0.3 is 0 Å². The summed E-state index contributed by atoms with van der Waals surface area (Å²) in [5.74, 6) is 1.87. The van der Waals surface area contributed by atoms with Crippen LogP contribution in [-0.2, 0) is 6.42 Å². The minimum atomic E-state index is -0.283. The first-order valence-corrected chi connectivity index (χ1v) is 14.4. The second-order valence-corrected chi connectivity index (χ2v) is 11.5. The molecule has 0 saturated carbocycles. The van der Waals surface area contributed by atoms with Crippen molar-refractivity contribution in [2.45, 2.75) is 18.9 Å². The molecule has 0 fully saturated rings. The Morgan fingerprint density at radius 1 is 1.00 bits per heavy atom. The average molecular weight is 586 g/mol. The maximum atomic E-state index is 14.0. The summed E-state index contributed by atoms with van der Waals surface area (Å²) in [5.41, 5.74) is 6.07. The molecule has 1 atom stereocenters. The summed E-state index contributed by atoms with van der Waals surface area (Å²) in [6, 6.07) is 25.1. The number of rotatable bonds is 4. The predicted molar refractivity (Wildman–Crippen MR) is 160 cm³/mol. The van der Waals surface area contributed by atoms with Crippen LogP contribution in [0.25, 0.3) is 23.1 Å². The number of benzene rings is 3. The number of allylic oxidation sites excluding steroid dienone is 1. The first-order chi connectivity index (χ1) is 19.5. The fourth-order valence-corrected chi connectivity index (χ4v) is 6.91. The SMILES string of the molecule is COc1cccc([C@@H]2C3=C(N=c4s/c(=C/c5ccc(-c6cccc(Cl)c6Cl)o5)c(=O)n42)c2ccccc2CC3)c1. The minimum absolute atomic E-state index is 0.110. The van der Waals surface area contributed by atoms with Gasteiger partial charge in [0.1, 0.15) is 17.3 Å². The molecule has 40 heavy (non-hydrogen) atoms. The van der Waals surface area contributed by atoms with Crippen LogP contribution in [0.3, 0.4) is 0 Å². The van der Waals surface area contributed by atoms with Crippen molar-refractivity contribution in [1.29, 1.82) is 0 Å². The number of thiazole rings is 1. The summed E-state index contributed by atoms with van der Waals surface area (Å²) in [6.07, 6.45) is 3.49. The van der Waals surface area contributed by atoms with Crippen molar-refractivity contribution in [1.82, 2.24) is 4.57 Å². The molecule has 7 rings (SSSR count). The summed E-state index contributed by atoms with van der Waals surface area (Å²) in [6.45, 7) is 0. The fourth-order valence-electron chi connectivity index (χ4n) is 5.53. The van der Waals surface area contributed by atoms with Gasteiger partial charge in [-0.05, 0) is 65.9 Å². The molecule has 8 heteroatoms. The quantitative estimate of drug-likeness (QED) is 0.231. The highest BCUT2D eigenvalue weighted by Crippen LogP contribution is 2.41. The fraction of sp³-hybridized carbons (Fsp3) is 0.125. The smallest absolute Gasteiger partial charge is 0.271 e. The Labute approximate surface area is 243 Å². The second kappa shape index (κ2) is 9.97. The number of aryl methyl sites for hydroxylation is 1. The molecular formula is C32H22Cl2N2O3S. The lowest BCUT2D eigenvalue weighted by Crippen LogP contribution is -2.38. The number of methoxy groups -OCH3 is 1. The van der Waals surface area contributed by atoms with Crippen LogP contribution >= 0.6 is 34.5 Å². The van der Waals surface area contributed by atoms with E-state index in [1.54, 1.807) is 19.3 Å². The van der Waals surface area contributed by atoms with E-state index in [1.165, 1.54) is 16.9 Å². The van der Waals surface area contributed by atoms with Crippen LogP contribution < -0.4 is 19.6 Å². The van der Waals surface area contributed by atoms with E-state index in [4.69, 9.17) is 37.3 Å². The lowest BCUT2D eigenvalue weighted by molar-refractivity contribution is 0.413. The molecule has 3 aromatic carbocycles. The molecule has 198 valence electrons. The van der Waals surface area contributed by atoms with E-state index in [2.05, 4.69) is 24.3 Å². The normalized spacial score (nSPS) is 16.3. The van der Waals surface area contributed by atoms with Gasteiger partial charge in [-0.2, -0.15) is 0 Å². The largest absolute Gasteiger partial charge is 0.497 e. The van der Waals surface area contributed by atoms with Crippen LogP contribution in [0.5, 0.6) is 5.75 Å². The van der Waals surface area contributed by atoms with Gasteiger partial charge in [-0.1, -0.05) is 77.0 Å². The van der Waals surface area contributed by atoms with Gasteiger partial charge in [-0.15, -0.1) is 0 Å². The van der Waals surface area contributed by atoms with Gasteiger partial charge in [-0.25, -0.2) is 4.99 Å². The molecule has 0 saturated heterocycles. The van der Waals surface area contributed by atoms with Gasteiger partial charge in [-0.3, -0.25) is 9.36 Å². The number of fused-ring (bicyclic) bond motifs is 3. The molecule has 5 nitrogen and oxygen atoms in total. The third-order valence-corrected chi connectivity index (χ3v) is 9.20. The monoisotopic (exact) mass is 584 g/mol. The number of halogens is 2. The second-order valence-electron chi connectivity index (χ2n) is 9.69. The lowest BCUT2D eigenvalue weighted by Gasteiger charge is -2.31. The number of furan rings is 1. The summed E-state index contributed by atoms with van der Waals surface area (Å²) in [4.78, 5) is 19.7. The van der Waals surface area contributed by atoms with Crippen molar-refractivity contribution in [2.24, 2.45) is 4.99 Å². The molecule has 2 aliphatic rings. The Morgan fingerprint density at radius 2 is 1.82 bits per heavy atom. The summed E-state index contributed by atoms with van der Waals surface area (Å²) in [7, 11) is 1.65.